The molecule has 0 spiro atoms. The fourth-order valence-corrected chi connectivity index (χ4v) is 3.72. The predicted octanol–water partition coefficient (Wildman–Crippen LogP) is 5.42. The SMILES string of the molecule is CC(C)(C)NCC1CCCCCC1Cc1ccc(I)cc1. The van der Waals surface area contributed by atoms with Gasteiger partial charge in [-0.15, -0.1) is 0 Å². The number of hydrogen-bond donors (Lipinski definition) is 1. The van der Waals surface area contributed by atoms with Gasteiger partial charge in [0, 0.05) is 9.11 Å². The Morgan fingerprint density at radius 1 is 1.00 bits per heavy atom. The van der Waals surface area contributed by atoms with Crippen LogP contribution in [0.5, 0.6) is 0 Å². The Kier molecular flexibility index (Phi) is 6.54. The van der Waals surface area contributed by atoms with Crippen molar-refractivity contribution in [1.82, 2.24) is 5.32 Å². The van der Waals surface area contributed by atoms with Crippen LogP contribution in [0.1, 0.15) is 58.4 Å². The highest BCUT2D eigenvalue weighted by Crippen LogP contribution is 2.31. The third kappa shape index (κ3) is 6.27. The number of nitrogens with one attached hydrogen (secondary N) is 1. The minimum absolute atomic E-state index is 0.236. The second-order valence-corrected chi connectivity index (χ2v) is 8.87. The van der Waals surface area contributed by atoms with Crippen LogP contribution in [-0.4, -0.2) is 12.1 Å². The molecular weight excluding hydrogens is 369 g/mol. The van der Waals surface area contributed by atoms with Crippen molar-refractivity contribution in [3.63, 3.8) is 0 Å². The van der Waals surface area contributed by atoms with Crippen LogP contribution in [0.4, 0.5) is 0 Å². The molecule has 1 saturated carbocycles. The summed E-state index contributed by atoms with van der Waals surface area (Å²) in [5, 5.41) is 3.74. The van der Waals surface area contributed by atoms with Crippen LogP contribution < -0.4 is 5.32 Å². The molecular formula is C19H30IN. The summed E-state index contributed by atoms with van der Waals surface area (Å²) < 4.78 is 1.34. The molecule has 21 heavy (non-hydrogen) atoms. The molecule has 1 aliphatic carbocycles. The molecule has 2 heteroatoms. The minimum atomic E-state index is 0.236. The molecule has 2 atom stereocenters. The summed E-state index contributed by atoms with van der Waals surface area (Å²) >= 11 is 2.39. The summed E-state index contributed by atoms with van der Waals surface area (Å²) in [6.07, 6.45) is 8.32. The number of hydrogen-bond acceptors (Lipinski definition) is 1. The fraction of sp³-hybridized carbons (Fsp3) is 0.684. The summed E-state index contributed by atoms with van der Waals surface area (Å²) in [6, 6.07) is 9.13. The maximum Gasteiger partial charge on any atom is 0.0130 e. The largest absolute Gasteiger partial charge is 0.312 e. The molecule has 1 fully saturated rings. The third-order valence-electron chi connectivity index (χ3n) is 4.62. The van der Waals surface area contributed by atoms with Crippen molar-refractivity contribution in [2.24, 2.45) is 11.8 Å². The van der Waals surface area contributed by atoms with Gasteiger partial charge < -0.3 is 5.32 Å². The molecule has 0 bridgehead atoms. The van der Waals surface area contributed by atoms with Crippen molar-refractivity contribution in [2.75, 3.05) is 6.54 Å². The van der Waals surface area contributed by atoms with Crippen molar-refractivity contribution in [3.8, 4) is 0 Å². The highest BCUT2D eigenvalue weighted by Gasteiger charge is 2.25. The van der Waals surface area contributed by atoms with Gasteiger partial charge in [-0.1, -0.05) is 31.4 Å². The van der Waals surface area contributed by atoms with Crippen molar-refractivity contribution < 1.29 is 0 Å². The molecule has 1 nitrogen and oxygen atoms in total. The van der Waals surface area contributed by atoms with Crippen molar-refractivity contribution in [1.29, 1.82) is 0 Å². The number of benzene rings is 1. The number of halogens is 1. The smallest absolute Gasteiger partial charge is 0.0130 e. The Bertz CT molecular complexity index is 418. The van der Waals surface area contributed by atoms with Gasteiger partial charge in [0.15, 0.2) is 0 Å². The maximum absolute atomic E-state index is 3.74. The van der Waals surface area contributed by atoms with Crippen LogP contribution >= 0.6 is 22.6 Å². The molecule has 1 aromatic carbocycles. The quantitative estimate of drug-likeness (QED) is 0.527. The Morgan fingerprint density at radius 2 is 1.62 bits per heavy atom. The summed E-state index contributed by atoms with van der Waals surface area (Å²) in [4.78, 5) is 0. The lowest BCUT2D eigenvalue weighted by atomic mass is 9.83. The van der Waals surface area contributed by atoms with Crippen LogP contribution in [-0.2, 0) is 6.42 Å². The van der Waals surface area contributed by atoms with Gasteiger partial charge >= 0.3 is 0 Å². The van der Waals surface area contributed by atoms with Crippen LogP contribution in [0.3, 0.4) is 0 Å². The predicted molar refractivity (Wildman–Crippen MR) is 101 cm³/mol. The lowest BCUT2D eigenvalue weighted by Crippen LogP contribution is -2.40. The van der Waals surface area contributed by atoms with Gasteiger partial charge in [0.1, 0.15) is 0 Å². The van der Waals surface area contributed by atoms with Gasteiger partial charge in [-0.05, 0) is 98.7 Å². The van der Waals surface area contributed by atoms with Crippen LogP contribution in [0.15, 0.2) is 24.3 Å². The first-order valence-electron chi connectivity index (χ1n) is 8.43. The standard InChI is InChI=1S/C19H30IN/c1-19(2,3)21-14-17-8-6-4-5-7-16(17)13-15-9-11-18(20)12-10-15/h9-12,16-17,21H,4-8,13-14H2,1-3H3. The molecule has 2 rings (SSSR count). The fourth-order valence-electron chi connectivity index (χ4n) is 3.36. The maximum atomic E-state index is 3.74. The van der Waals surface area contributed by atoms with Crippen molar-refractivity contribution >= 4 is 22.6 Å². The molecule has 0 radical (unpaired) electrons. The highest BCUT2D eigenvalue weighted by molar-refractivity contribution is 14.1. The normalized spacial score (nSPS) is 23.8. The second-order valence-electron chi connectivity index (χ2n) is 7.62. The zero-order valence-corrected chi connectivity index (χ0v) is 15.9. The average Bonchev–Trinajstić information content (AvgIpc) is 2.63. The van der Waals surface area contributed by atoms with Gasteiger partial charge in [-0.2, -0.15) is 0 Å². The molecule has 1 N–H and O–H groups in total. The Balaban J connectivity index is 1.99. The molecule has 118 valence electrons. The topological polar surface area (TPSA) is 12.0 Å². The van der Waals surface area contributed by atoms with Crippen LogP contribution in [0.25, 0.3) is 0 Å². The van der Waals surface area contributed by atoms with Crippen molar-refractivity contribution in [3.05, 3.63) is 33.4 Å². The monoisotopic (exact) mass is 399 g/mol. The van der Waals surface area contributed by atoms with E-state index in [0.717, 1.165) is 11.8 Å². The lowest BCUT2D eigenvalue weighted by molar-refractivity contribution is 0.270. The molecule has 0 amide bonds. The van der Waals surface area contributed by atoms with Gasteiger partial charge in [-0.3, -0.25) is 0 Å². The van der Waals surface area contributed by atoms with E-state index in [1.165, 1.54) is 54.2 Å². The molecule has 1 aliphatic rings. The summed E-state index contributed by atoms with van der Waals surface area (Å²) in [7, 11) is 0. The van der Waals surface area contributed by atoms with Gasteiger partial charge in [0.2, 0.25) is 0 Å². The first kappa shape index (κ1) is 17.3. The van der Waals surface area contributed by atoms with E-state index in [4.69, 9.17) is 0 Å². The lowest BCUT2D eigenvalue weighted by Gasteiger charge is -2.30. The van der Waals surface area contributed by atoms with E-state index in [-0.39, 0.29) is 5.54 Å². The van der Waals surface area contributed by atoms with Crippen LogP contribution in [0.2, 0.25) is 0 Å². The Labute approximate surface area is 144 Å². The molecule has 0 aliphatic heterocycles. The van der Waals surface area contributed by atoms with Crippen molar-refractivity contribution in [2.45, 2.75) is 64.8 Å². The first-order chi connectivity index (χ1) is 9.94. The zero-order chi connectivity index (χ0) is 15.3. The average molecular weight is 399 g/mol. The highest BCUT2D eigenvalue weighted by atomic mass is 127. The molecule has 1 aromatic rings. The summed E-state index contributed by atoms with van der Waals surface area (Å²) in [6.45, 7) is 8.01. The van der Waals surface area contributed by atoms with E-state index in [1.54, 1.807) is 0 Å². The summed E-state index contributed by atoms with van der Waals surface area (Å²) in [5.41, 5.74) is 1.75. The first-order valence-corrected chi connectivity index (χ1v) is 9.51. The molecule has 2 unspecified atom stereocenters. The van der Waals surface area contributed by atoms with Crippen LogP contribution in [0, 0.1) is 15.4 Å². The second kappa shape index (κ2) is 7.96. The molecule has 0 saturated heterocycles. The van der Waals surface area contributed by atoms with E-state index in [0.29, 0.717) is 0 Å². The molecule has 0 aromatic heterocycles. The third-order valence-corrected chi connectivity index (χ3v) is 5.34. The van der Waals surface area contributed by atoms with E-state index in [2.05, 4.69) is 72.9 Å². The van der Waals surface area contributed by atoms with E-state index < -0.39 is 0 Å². The zero-order valence-electron chi connectivity index (χ0n) is 13.8. The number of rotatable bonds is 4. The minimum Gasteiger partial charge on any atom is -0.312 e. The van der Waals surface area contributed by atoms with E-state index in [1.807, 2.05) is 0 Å². The summed E-state index contributed by atoms with van der Waals surface area (Å²) in [5.74, 6) is 1.69. The van der Waals surface area contributed by atoms with E-state index >= 15 is 0 Å². The van der Waals surface area contributed by atoms with E-state index in [9.17, 15) is 0 Å². The Morgan fingerprint density at radius 3 is 2.24 bits per heavy atom. The molecule has 0 heterocycles. The van der Waals surface area contributed by atoms with Gasteiger partial charge in [0.25, 0.3) is 0 Å². The Hall–Kier alpha value is -0.0900. The van der Waals surface area contributed by atoms with Gasteiger partial charge in [0.05, 0.1) is 0 Å². The van der Waals surface area contributed by atoms with Gasteiger partial charge in [-0.25, -0.2) is 0 Å².